The van der Waals surface area contributed by atoms with Gasteiger partial charge in [-0.25, -0.2) is 0 Å². The van der Waals surface area contributed by atoms with Crippen molar-refractivity contribution in [2.45, 2.75) is 0 Å². The van der Waals surface area contributed by atoms with E-state index < -0.39 is 10.8 Å². The molecule has 1 atom stereocenters. The SMILES string of the molecule is C=CS(=O)CCl. The predicted octanol–water partition coefficient (Wildman–Crippen LogP) is 1.07. The second-order valence-electron chi connectivity index (χ2n) is 0.657. The van der Waals surface area contributed by atoms with Gasteiger partial charge in [-0.3, -0.25) is 4.21 Å². The molecule has 0 N–H and O–H groups in total. The van der Waals surface area contributed by atoms with Crippen LogP contribution in [0.5, 0.6) is 0 Å². The molecule has 0 bridgehead atoms. The Morgan fingerprint density at radius 1 is 2.00 bits per heavy atom. The molecule has 0 aromatic heterocycles. The van der Waals surface area contributed by atoms with Gasteiger partial charge in [-0.1, -0.05) is 6.58 Å². The van der Waals surface area contributed by atoms with Gasteiger partial charge in [0, 0.05) is 0 Å². The molecule has 3 heteroatoms. The first-order valence-electron chi connectivity index (χ1n) is 1.37. The molecule has 0 aliphatic heterocycles. The molecule has 0 amide bonds. The van der Waals surface area contributed by atoms with Crippen LogP contribution in [-0.2, 0) is 10.8 Å². The topological polar surface area (TPSA) is 17.1 Å². The fraction of sp³-hybridized carbons (Fsp3) is 0.333. The third-order valence-corrected chi connectivity index (χ3v) is 1.53. The maximum Gasteiger partial charge on any atom is 0.102 e. The van der Waals surface area contributed by atoms with E-state index in [1.165, 1.54) is 5.41 Å². The van der Waals surface area contributed by atoms with Crippen LogP contribution in [0.15, 0.2) is 12.0 Å². The molecule has 0 aliphatic rings. The minimum atomic E-state index is -1.00. The lowest BCUT2D eigenvalue weighted by Crippen LogP contribution is -1.79. The van der Waals surface area contributed by atoms with Gasteiger partial charge in [-0.15, -0.1) is 11.6 Å². The Hall–Kier alpha value is 0.180. The molecule has 0 rings (SSSR count). The van der Waals surface area contributed by atoms with Crippen LogP contribution in [0.25, 0.3) is 0 Å². The summed E-state index contributed by atoms with van der Waals surface area (Å²) in [5, 5.41) is 1.47. The van der Waals surface area contributed by atoms with Crippen LogP contribution in [-0.4, -0.2) is 9.42 Å². The van der Waals surface area contributed by atoms with E-state index >= 15 is 0 Å². The van der Waals surface area contributed by atoms with Gasteiger partial charge >= 0.3 is 0 Å². The average Bonchev–Trinajstić information content (AvgIpc) is 1.65. The number of hydrogen-bond donors (Lipinski definition) is 0. The summed E-state index contributed by atoms with van der Waals surface area (Å²) in [5.74, 6) is 0. The fourth-order valence-electron chi connectivity index (χ4n) is 0.0445. The highest BCUT2D eigenvalue weighted by atomic mass is 35.5. The first-order chi connectivity index (χ1) is 2.81. The Morgan fingerprint density at radius 2 is 2.50 bits per heavy atom. The van der Waals surface area contributed by atoms with Gasteiger partial charge < -0.3 is 0 Å². The van der Waals surface area contributed by atoms with Crippen LogP contribution in [0.4, 0.5) is 0 Å². The minimum absolute atomic E-state index is 0.156. The van der Waals surface area contributed by atoms with E-state index in [0.29, 0.717) is 0 Å². The molecular weight excluding hydrogens is 120 g/mol. The van der Waals surface area contributed by atoms with E-state index in [4.69, 9.17) is 11.6 Å². The standard InChI is InChI=1S/C3H5ClOS/c1-2-6(5)3-4/h2H,1,3H2. The first-order valence-corrected chi connectivity index (χ1v) is 3.28. The predicted molar refractivity (Wildman–Crippen MR) is 29.1 cm³/mol. The van der Waals surface area contributed by atoms with E-state index in [1.54, 1.807) is 0 Å². The third-order valence-electron chi connectivity index (χ3n) is 0.293. The summed E-state index contributed by atoms with van der Waals surface area (Å²) < 4.78 is 10.0. The summed E-state index contributed by atoms with van der Waals surface area (Å²) >= 11 is 5.08. The Bertz CT molecular complexity index is 71.2. The van der Waals surface area contributed by atoms with Crippen LogP contribution >= 0.6 is 11.6 Å². The summed E-state index contributed by atoms with van der Waals surface area (Å²) in [6, 6.07) is 0. The second kappa shape index (κ2) is 3.37. The molecule has 6 heavy (non-hydrogen) atoms. The van der Waals surface area contributed by atoms with Gasteiger partial charge in [0.25, 0.3) is 0 Å². The number of hydrogen-bond acceptors (Lipinski definition) is 1. The van der Waals surface area contributed by atoms with Crippen LogP contribution in [0, 0.1) is 0 Å². The highest BCUT2D eigenvalue weighted by Crippen LogP contribution is 1.83. The average molecular weight is 125 g/mol. The zero-order valence-electron chi connectivity index (χ0n) is 3.19. The van der Waals surface area contributed by atoms with E-state index in [0.717, 1.165) is 0 Å². The molecule has 0 aliphatic carbocycles. The normalized spacial score (nSPS) is 13.5. The zero-order chi connectivity index (χ0) is 4.99. The molecule has 0 aromatic carbocycles. The van der Waals surface area contributed by atoms with Gasteiger partial charge in [-0.2, -0.15) is 0 Å². The Morgan fingerprint density at radius 3 is 2.50 bits per heavy atom. The van der Waals surface area contributed by atoms with Crippen LogP contribution in [0.3, 0.4) is 0 Å². The zero-order valence-corrected chi connectivity index (χ0v) is 4.76. The fourth-order valence-corrected chi connectivity index (χ4v) is 0.401. The summed E-state index contributed by atoms with van der Waals surface area (Å²) in [5.41, 5.74) is 0. The van der Waals surface area contributed by atoms with Gasteiger partial charge in [0.05, 0.1) is 10.8 Å². The molecule has 1 nitrogen and oxygen atoms in total. The van der Waals surface area contributed by atoms with E-state index in [-0.39, 0.29) is 5.21 Å². The maximum atomic E-state index is 10.0. The van der Waals surface area contributed by atoms with E-state index in [9.17, 15) is 4.21 Å². The Kier molecular flexibility index (Phi) is 3.47. The largest absolute Gasteiger partial charge is 0.254 e. The van der Waals surface area contributed by atoms with Crippen molar-refractivity contribution in [1.29, 1.82) is 0 Å². The molecule has 36 valence electrons. The summed E-state index contributed by atoms with van der Waals surface area (Å²) in [7, 11) is -1.00. The maximum absolute atomic E-state index is 10.0. The Labute approximate surface area is 44.5 Å². The van der Waals surface area contributed by atoms with E-state index in [1.807, 2.05) is 0 Å². The van der Waals surface area contributed by atoms with Crippen molar-refractivity contribution in [2.75, 3.05) is 5.21 Å². The molecule has 0 fully saturated rings. The quantitative estimate of drug-likeness (QED) is 0.504. The molecule has 0 radical (unpaired) electrons. The van der Waals surface area contributed by atoms with Crippen LogP contribution < -0.4 is 0 Å². The lowest BCUT2D eigenvalue weighted by Gasteiger charge is -1.76. The molecule has 0 aromatic rings. The highest BCUT2D eigenvalue weighted by Gasteiger charge is 1.80. The summed E-state index contributed by atoms with van der Waals surface area (Å²) in [6.45, 7) is 3.25. The van der Waals surface area contributed by atoms with Crippen molar-refractivity contribution in [3.63, 3.8) is 0 Å². The first kappa shape index (κ1) is 6.18. The van der Waals surface area contributed by atoms with Crippen molar-refractivity contribution < 1.29 is 4.21 Å². The second-order valence-corrected chi connectivity index (χ2v) is 2.62. The molecule has 0 spiro atoms. The molecule has 0 saturated heterocycles. The van der Waals surface area contributed by atoms with Gasteiger partial charge in [-0.05, 0) is 5.41 Å². The lowest BCUT2D eigenvalue weighted by atomic mass is 11.3. The van der Waals surface area contributed by atoms with Crippen LogP contribution in [0.1, 0.15) is 0 Å². The van der Waals surface area contributed by atoms with Crippen molar-refractivity contribution in [2.24, 2.45) is 0 Å². The van der Waals surface area contributed by atoms with Gasteiger partial charge in [0.1, 0.15) is 5.21 Å². The lowest BCUT2D eigenvalue weighted by molar-refractivity contribution is 0.691. The Balaban J connectivity index is 3.23. The molecular formula is C3H5ClOS. The van der Waals surface area contributed by atoms with Crippen molar-refractivity contribution in [3.05, 3.63) is 12.0 Å². The molecule has 1 unspecified atom stereocenters. The summed E-state index contributed by atoms with van der Waals surface area (Å²) in [6.07, 6.45) is 0. The monoisotopic (exact) mass is 124 g/mol. The smallest absolute Gasteiger partial charge is 0.102 e. The van der Waals surface area contributed by atoms with Gasteiger partial charge in [0.15, 0.2) is 0 Å². The van der Waals surface area contributed by atoms with Crippen LogP contribution in [0.2, 0.25) is 0 Å². The minimum Gasteiger partial charge on any atom is -0.254 e. The number of alkyl halides is 1. The van der Waals surface area contributed by atoms with E-state index in [2.05, 4.69) is 6.58 Å². The van der Waals surface area contributed by atoms with Crippen molar-refractivity contribution in [3.8, 4) is 0 Å². The van der Waals surface area contributed by atoms with Gasteiger partial charge in [0.2, 0.25) is 0 Å². The summed E-state index contributed by atoms with van der Waals surface area (Å²) in [4.78, 5) is 0. The number of halogens is 1. The third kappa shape index (κ3) is 2.42. The van der Waals surface area contributed by atoms with Crippen molar-refractivity contribution in [1.82, 2.24) is 0 Å². The highest BCUT2D eigenvalue weighted by molar-refractivity contribution is 7.89. The van der Waals surface area contributed by atoms with Crippen molar-refractivity contribution >= 4 is 22.4 Å². The molecule has 0 heterocycles. The number of rotatable bonds is 2. The molecule has 0 saturated carbocycles.